The van der Waals surface area contributed by atoms with Crippen molar-refractivity contribution in [3.05, 3.63) is 18.5 Å². The van der Waals surface area contributed by atoms with Gasteiger partial charge in [0.05, 0.1) is 27.7 Å². The highest BCUT2D eigenvalue weighted by Gasteiger charge is 2.25. The van der Waals surface area contributed by atoms with E-state index >= 15 is 0 Å². The molecular weight excluding hydrogens is 438 g/mol. The maximum Gasteiger partial charge on any atom is 0.231 e. The highest BCUT2D eigenvalue weighted by molar-refractivity contribution is 5.85. The maximum absolute atomic E-state index is 12.0. The lowest BCUT2D eigenvalue weighted by Crippen LogP contribution is -2.28. The lowest BCUT2D eigenvalue weighted by molar-refractivity contribution is -0.127. The summed E-state index contributed by atoms with van der Waals surface area (Å²) in [5, 5.41) is 6.73. The fourth-order valence-corrected chi connectivity index (χ4v) is 4.14. The molecule has 34 heavy (non-hydrogen) atoms. The normalized spacial score (nSPS) is 15.6. The number of carbonyl (C=O) groups excluding carboxylic acids is 1. The number of benzene rings is 1. The van der Waals surface area contributed by atoms with Gasteiger partial charge in [-0.25, -0.2) is 4.98 Å². The van der Waals surface area contributed by atoms with Crippen molar-refractivity contribution in [1.29, 1.82) is 0 Å². The molecule has 11 nitrogen and oxygen atoms in total. The molecule has 0 radical (unpaired) electrons. The molecule has 180 valence electrons. The van der Waals surface area contributed by atoms with Gasteiger partial charge in [-0.3, -0.25) is 4.79 Å². The minimum absolute atomic E-state index is 0.208. The van der Waals surface area contributed by atoms with Crippen molar-refractivity contribution >= 4 is 34.5 Å². The zero-order valence-electron chi connectivity index (χ0n) is 19.6. The Morgan fingerprint density at radius 1 is 1.06 bits per heavy atom. The summed E-state index contributed by atoms with van der Waals surface area (Å²) < 4.78 is 18.3. The number of aromatic nitrogens is 4. The Morgan fingerprint density at radius 2 is 1.82 bits per heavy atom. The van der Waals surface area contributed by atoms with Crippen LogP contribution in [-0.4, -0.2) is 70.8 Å². The lowest BCUT2D eigenvalue weighted by atomic mass is 10.2. The number of ether oxygens (including phenoxy) is 3. The van der Waals surface area contributed by atoms with Gasteiger partial charge in [-0.15, -0.1) is 0 Å². The predicted molar refractivity (Wildman–Crippen MR) is 127 cm³/mol. The number of carbonyl (C=O) groups is 1. The van der Waals surface area contributed by atoms with Crippen molar-refractivity contribution in [3.8, 4) is 17.2 Å². The third-order valence-electron chi connectivity index (χ3n) is 6.09. The number of nitrogens with one attached hydrogen (secondary N) is 2. The summed E-state index contributed by atoms with van der Waals surface area (Å²) in [7, 11) is 4.72. The summed E-state index contributed by atoms with van der Waals surface area (Å²) in [5.74, 6) is 2.89. The van der Waals surface area contributed by atoms with Crippen LogP contribution < -0.4 is 24.8 Å². The smallest absolute Gasteiger partial charge is 0.231 e. The number of methoxy groups -OCH3 is 3. The highest BCUT2D eigenvalue weighted by atomic mass is 16.5. The van der Waals surface area contributed by atoms with E-state index in [4.69, 9.17) is 24.2 Å². The molecule has 0 unspecified atom stereocenters. The standard InChI is InChI=1S/C23H29N7O4/c1-32-16-11-15(12-17(33-2)20(16)34-3)26-23-27-21(25-14-6-7-14)19-22(28-23)30(13-24-19)10-9-29-8-4-5-18(29)31/h11-14H,4-10H2,1-3H3,(H2,25,26,27,28). The van der Waals surface area contributed by atoms with E-state index in [-0.39, 0.29) is 5.91 Å². The summed E-state index contributed by atoms with van der Waals surface area (Å²) in [6.07, 6.45) is 5.54. The molecule has 2 N–H and O–H groups in total. The molecule has 1 saturated heterocycles. The van der Waals surface area contributed by atoms with Crippen LogP contribution >= 0.6 is 0 Å². The lowest BCUT2D eigenvalue weighted by Gasteiger charge is -2.16. The van der Waals surface area contributed by atoms with Crippen LogP contribution in [-0.2, 0) is 11.3 Å². The van der Waals surface area contributed by atoms with Crippen molar-refractivity contribution in [2.45, 2.75) is 38.3 Å². The molecule has 1 saturated carbocycles. The number of likely N-dealkylation sites (tertiary alicyclic amines) is 1. The number of imidazole rings is 1. The second-order valence-corrected chi connectivity index (χ2v) is 8.45. The van der Waals surface area contributed by atoms with Crippen LogP contribution in [0.4, 0.5) is 17.5 Å². The van der Waals surface area contributed by atoms with Crippen molar-refractivity contribution in [3.63, 3.8) is 0 Å². The van der Waals surface area contributed by atoms with E-state index < -0.39 is 0 Å². The average Bonchev–Trinajstić information content (AvgIpc) is 3.42. The van der Waals surface area contributed by atoms with Gasteiger partial charge in [-0.2, -0.15) is 9.97 Å². The van der Waals surface area contributed by atoms with E-state index in [1.807, 2.05) is 9.47 Å². The van der Waals surface area contributed by atoms with Gasteiger partial charge >= 0.3 is 0 Å². The third kappa shape index (κ3) is 4.37. The van der Waals surface area contributed by atoms with E-state index in [2.05, 4.69) is 15.6 Å². The Balaban J connectivity index is 1.47. The second kappa shape index (κ2) is 9.24. The van der Waals surface area contributed by atoms with Gasteiger partial charge in [0.2, 0.25) is 17.6 Å². The molecule has 0 spiro atoms. The first kappa shape index (κ1) is 22.1. The number of amides is 1. The van der Waals surface area contributed by atoms with Gasteiger partial charge in [0.15, 0.2) is 28.5 Å². The minimum Gasteiger partial charge on any atom is -0.493 e. The number of hydrogen-bond donors (Lipinski definition) is 2. The molecule has 2 fully saturated rings. The van der Waals surface area contributed by atoms with Gasteiger partial charge in [0, 0.05) is 49.9 Å². The summed E-state index contributed by atoms with van der Waals surface area (Å²) in [4.78, 5) is 27.9. The first-order chi connectivity index (χ1) is 16.6. The molecule has 0 bridgehead atoms. The summed E-state index contributed by atoms with van der Waals surface area (Å²) in [5.41, 5.74) is 2.12. The molecule has 11 heteroatoms. The van der Waals surface area contributed by atoms with E-state index in [1.54, 1.807) is 39.8 Å². The van der Waals surface area contributed by atoms with Gasteiger partial charge in [0.25, 0.3) is 0 Å². The molecule has 5 rings (SSSR count). The average molecular weight is 468 g/mol. The van der Waals surface area contributed by atoms with Crippen molar-refractivity contribution in [2.24, 2.45) is 0 Å². The summed E-state index contributed by atoms with van der Waals surface area (Å²) in [6.45, 7) is 2.06. The van der Waals surface area contributed by atoms with Crippen molar-refractivity contribution < 1.29 is 19.0 Å². The van der Waals surface area contributed by atoms with Crippen LogP contribution in [0.3, 0.4) is 0 Å². The summed E-state index contributed by atoms with van der Waals surface area (Å²) in [6, 6.07) is 4.01. The SMILES string of the molecule is COc1cc(Nc2nc(NC3CC3)c3ncn(CCN4CCCC4=O)c3n2)cc(OC)c1OC. The molecule has 3 aromatic rings. The molecule has 1 amide bonds. The van der Waals surface area contributed by atoms with Gasteiger partial charge < -0.3 is 34.3 Å². The van der Waals surface area contributed by atoms with Crippen molar-refractivity contribution in [2.75, 3.05) is 45.1 Å². The number of fused-ring (bicyclic) bond motifs is 1. The number of nitrogens with zero attached hydrogens (tertiary/aromatic N) is 5. The first-order valence-corrected chi connectivity index (χ1v) is 11.4. The Bertz CT molecular complexity index is 1180. The molecule has 2 aliphatic rings. The predicted octanol–water partition coefficient (Wildman–Crippen LogP) is 2.79. The molecule has 2 aromatic heterocycles. The van der Waals surface area contributed by atoms with Crippen LogP contribution in [0.1, 0.15) is 25.7 Å². The van der Waals surface area contributed by atoms with E-state index in [0.717, 1.165) is 31.3 Å². The van der Waals surface area contributed by atoms with Gasteiger partial charge in [-0.1, -0.05) is 0 Å². The molecule has 1 aromatic carbocycles. The number of anilines is 3. The second-order valence-electron chi connectivity index (χ2n) is 8.45. The van der Waals surface area contributed by atoms with Crippen LogP contribution in [0.5, 0.6) is 17.2 Å². The van der Waals surface area contributed by atoms with E-state index in [1.165, 1.54) is 0 Å². The topological polar surface area (TPSA) is 116 Å². The van der Waals surface area contributed by atoms with Gasteiger partial charge in [-0.05, 0) is 19.3 Å². The van der Waals surface area contributed by atoms with Crippen LogP contribution in [0.25, 0.3) is 11.2 Å². The number of rotatable bonds is 10. The molecule has 1 aliphatic carbocycles. The van der Waals surface area contributed by atoms with Crippen LogP contribution in [0, 0.1) is 0 Å². The molecule has 1 aliphatic heterocycles. The highest BCUT2D eigenvalue weighted by Crippen LogP contribution is 2.40. The van der Waals surface area contributed by atoms with E-state index in [0.29, 0.717) is 65.9 Å². The molecule has 3 heterocycles. The Hall–Kier alpha value is -3.76. The minimum atomic E-state index is 0.208. The largest absolute Gasteiger partial charge is 0.493 e. The van der Waals surface area contributed by atoms with E-state index in [9.17, 15) is 4.79 Å². The van der Waals surface area contributed by atoms with Crippen LogP contribution in [0.15, 0.2) is 18.5 Å². The Kier molecular flexibility index (Phi) is 5.99. The zero-order valence-corrected chi connectivity index (χ0v) is 19.6. The molecular formula is C23H29N7O4. The zero-order chi connectivity index (χ0) is 23.7. The molecule has 0 atom stereocenters. The maximum atomic E-state index is 12.0. The monoisotopic (exact) mass is 467 g/mol. The Morgan fingerprint density at radius 3 is 2.44 bits per heavy atom. The van der Waals surface area contributed by atoms with Crippen LogP contribution in [0.2, 0.25) is 0 Å². The summed E-state index contributed by atoms with van der Waals surface area (Å²) >= 11 is 0. The van der Waals surface area contributed by atoms with Gasteiger partial charge in [0.1, 0.15) is 0 Å². The fourth-order valence-electron chi connectivity index (χ4n) is 4.14. The third-order valence-corrected chi connectivity index (χ3v) is 6.09. The fraction of sp³-hybridized carbons (Fsp3) is 0.478. The Labute approximate surface area is 197 Å². The quantitative estimate of drug-likeness (QED) is 0.464. The first-order valence-electron chi connectivity index (χ1n) is 11.4. The number of hydrogen-bond acceptors (Lipinski definition) is 9. The van der Waals surface area contributed by atoms with Crippen molar-refractivity contribution in [1.82, 2.24) is 24.4 Å².